The Morgan fingerprint density at radius 3 is 2.46 bits per heavy atom. The summed E-state index contributed by atoms with van der Waals surface area (Å²) in [6.45, 7) is 7.00. The number of carbonyl (C=O) groups is 2. The number of ether oxygens (including phenoxy) is 2. The van der Waals surface area contributed by atoms with Crippen molar-refractivity contribution in [2.45, 2.75) is 108 Å². The third kappa shape index (κ3) is 6.51. The van der Waals surface area contributed by atoms with Crippen molar-refractivity contribution >= 4 is 11.9 Å². The van der Waals surface area contributed by atoms with Crippen molar-refractivity contribution in [2.75, 3.05) is 13.1 Å². The maximum atomic E-state index is 14.6. The topological polar surface area (TPSA) is 84.9 Å². The van der Waals surface area contributed by atoms with Crippen LogP contribution in [0.1, 0.15) is 87.0 Å². The van der Waals surface area contributed by atoms with Crippen molar-refractivity contribution in [2.24, 2.45) is 11.8 Å². The molecule has 0 aromatic heterocycles. The van der Waals surface area contributed by atoms with Gasteiger partial charge in [0.05, 0.1) is 17.4 Å². The Morgan fingerprint density at radius 1 is 1.00 bits per heavy atom. The number of quaternary nitrogens is 1. The van der Waals surface area contributed by atoms with Crippen LogP contribution in [-0.2, 0) is 34.3 Å². The van der Waals surface area contributed by atoms with Crippen molar-refractivity contribution in [3.63, 3.8) is 0 Å². The number of carbonyl (C=O) groups excluding carboxylic acids is 2. The van der Waals surface area contributed by atoms with Crippen LogP contribution in [0.3, 0.4) is 0 Å². The van der Waals surface area contributed by atoms with Crippen molar-refractivity contribution in [3.05, 3.63) is 108 Å². The summed E-state index contributed by atoms with van der Waals surface area (Å²) < 4.78 is 12.8. The zero-order valence-corrected chi connectivity index (χ0v) is 29.5. The standard InChI is InChI=1S/C43H52N2O5/c1-3-27-45(28-26-43-35-19-13-21-39(43)50-41-38(49-30(2)46)25-23-33(40(41)43)29-36(35)45)44-42(48)34(24-22-32-17-9-5-10-18-32)37(47)20-12-6-11-16-31-14-7-4-8-15-31/h3-5,7-10,14-15,17-18,23,25,34-37,39,47H,1,6,11-13,16,19-22,24,26-29H2,2H3/p+1/t34?,35-,36+,37?,39-,43+,45?/m0/s1. The average molecular weight is 678 g/mol. The molecule has 7 rings (SSSR count). The van der Waals surface area contributed by atoms with E-state index in [0.29, 0.717) is 35.6 Å². The van der Waals surface area contributed by atoms with Crippen molar-refractivity contribution < 1.29 is 28.8 Å². The van der Waals surface area contributed by atoms with Crippen molar-refractivity contribution in [1.82, 2.24) is 5.43 Å². The van der Waals surface area contributed by atoms with Gasteiger partial charge >= 0.3 is 5.97 Å². The van der Waals surface area contributed by atoms with Gasteiger partial charge in [-0.1, -0.05) is 86.2 Å². The molecule has 1 amide bonds. The lowest BCUT2D eigenvalue weighted by Gasteiger charge is -2.60. The lowest BCUT2D eigenvalue weighted by molar-refractivity contribution is -0.989. The van der Waals surface area contributed by atoms with Gasteiger partial charge in [-0.05, 0) is 80.2 Å². The molecule has 2 heterocycles. The molecule has 4 aliphatic rings. The third-order valence-electron chi connectivity index (χ3n) is 12.3. The van der Waals surface area contributed by atoms with Crippen molar-refractivity contribution in [3.8, 4) is 11.5 Å². The predicted octanol–water partition coefficient (Wildman–Crippen LogP) is 7.19. The SMILES string of the molecule is C=CC[N+]1(NC(=O)C(CCc2ccccc2)C(O)CCCCCc2ccccc2)CC[C@]23c4c5ccc(OC(C)=O)c4O[C@H]2CCC[C@H]3[C@H]1C5. The summed E-state index contributed by atoms with van der Waals surface area (Å²) in [7, 11) is 0. The number of esters is 1. The summed E-state index contributed by atoms with van der Waals surface area (Å²) in [5.41, 5.74) is 8.46. The Morgan fingerprint density at radius 2 is 1.74 bits per heavy atom. The van der Waals surface area contributed by atoms with Crippen LogP contribution in [-0.4, -0.2) is 52.9 Å². The number of rotatable bonds is 15. The first-order chi connectivity index (χ1) is 24.3. The fourth-order valence-electron chi connectivity index (χ4n) is 10.1. The Kier molecular flexibility index (Phi) is 10.2. The van der Waals surface area contributed by atoms with Crippen molar-refractivity contribution in [1.29, 1.82) is 0 Å². The zero-order chi connectivity index (χ0) is 34.7. The number of benzene rings is 3. The number of aliphatic hydroxyl groups excluding tert-OH is 1. The molecule has 2 N–H and O–H groups in total. The third-order valence-corrected chi connectivity index (χ3v) is 12.3. The highest BCUT2D eigenvalue weighted by atomic mass is 16.6. The number of amides is 1. The second-order valence-corrected chi connectivity index (χ2v) is 15.2. The molecule has 1 saturated carbocycles. The van der Waals surface area contributed by atoms with E-state index >= 15 is 0 Å². The van der Waals surface area contributed by atoms with Gasteiger partial charge in [0.2, 0.25) is 0 Å². The summed E-state index contributed by atoms with van der Waals surface area (Å²) in [5.74, 6) is 0.692. The van der Waals surface area contributed by atoms with Crippen LogP contribution in [0.25, 0.3) is 0 Å². The predicted molar refractivity (Wildman–Crippen MR) is 195 cm³/mol. The van der Waals surface area contributed by atoms with Gasteiger partial charge in [0.25, 0.3) is 5.91 Å². The Hall–Kier alpha value is -3.94. The number of aryl methyl sites for hydroxylation is 2. The van der Waals surface area contributed by atoms with Gasteiger partial charge in [0.1, 0.15) is 25.2 Å². The second-order valence-electron chi connectivity index (χ2n) is 15.2. The summed E-state index contributed by atoms with van der Waals surface area (Å²) in [4.78, 5) is 26.6. The molecule has 2 bridgehead atoms. The van der Waals surface area contributed by atoms with Gasteiger partial charge in [-0.2, -0.15) is 0 Å². The largest absolute Gasteiger partial charge is 0.485 e. The number of hydrogen-bond donors (Lipinski definition) is 2. The minimum absolute atomic E-state index is 0.0403. The highest BCUT2D eigenvalue weighted by Gasteiger charge is 2.68. The van der Waals surface area contributed by atoms with Crippen LogP contribution in [0.4, 0.5) is 0 Å². The number of likely N-dealkylation sites (tertiary alicyclic amines) is 1. The molecule has 0 radical (unpaired) electrons. The van der Waals surface area contributed by atoms with E-state index in [2.05, 4.69) is 54.5 Å². The maximum Gasteiger partial charge on any atom is 0.308 e. The molecule has 3 unspecified atom stereocenters. The molecule has 2 fully saturated rings. The van der Waals surface area contributed by atoms with Crippen LogP contribution in [0.5, 0.6) is 11.5 Å². The molecule has 2 aliphatic carbocycles. The first kappa shape index (κ1) is 34.5. The molecule has 50 heavy (non-hydrogen) atoms. The fourth-order valence-corrected chi connectivity index (χ4v) is 10.1. The average Bonchev–Trinajstić information content (AvgIpc) is 3.46. The molecule has 7 atom stereocenters. The van der Waals surface area contributed by atoms with E-state index in [1.54, 1.807) is 0 Å². The van der Waals surface area contributed by atoms with Crippen LogP contribution >= 0.6 is 0 Å². The van der Waals surface area contributed by atoms with Gasteiger partial charge < -0.3 is 14.6 Å². The van der Waals surface area contributed by atoms with Crippen LogP contribution < -0.4 is 14.9 Å². The van der Waals surface area contributed by atoms with E-state index in [1.807, 2.05) is 36.4 Å². The second kappa shape index (κ2) is 14.7. The number of nitrogens with zero attached hydrogens (tertiary/aromatic N) is 1. The molecular weight excluding hydrogens is 624 g/mol. The molecule has 264 valence electrons. The summed E-state index contributed by atoms with van der Waals surface area (Å²) in [6, 6.07) is 25.0. The number of nitrogens with one attached hydrogen (secondary N) is 1. The van der Waals surface area contributed by atoms with E-state index in [0.717, 1.165) is 76.5 Å². The van der Waals surface area contributed by atoms with E-state index in [-0.39, 0.29) is 29.4 Å². The van der Waals surface area contributed by atoms with Gasteiger partial charge in [0, 0.05) is 31.2 Å². The monoisotopic (exact) mass is 677 g/mol. The first-order valence-corrected chi connectivity index (χ1v) is 18.9. The Balaban J connectivity index is 1.12. The molecule has 7 nitrogen and oxygen atoms in total. The van der Waals surface area contributed by atoms with E-state index < -0.39 is 12.0 Å². The quantitative estimate of drug-likeness (QED) is 0.0585. The number of hydrogen-bond acceptors (Lipinski definition) is 5. The van der Waals surface area contributed by atoms with Crippen LogP contribution in [0, 0.1) is 11.8 Å². The Labute approximate surface area is 297 Å². The molecule has 1 saturated heterocycles. The summed E-state index contributed by atoms with van der Waals surface area (Å²) >= 11 is 0. The smallest absolute Gasteiger partial charge is 0.308 e. The van der Waals surface area contributed by atoms with E-state index in [9.17, 15) is 14.7 Å². The fraction of sp³-hybridized carbons (Fsp3) is 0.488. The first-order valence-electron chi connectivity index (χ1n) is 18.9. The highest BCUT2D eigenvalue weighted by molar-refractivity contribution is 5.78. The minimum atomic E-state index is -0.716. The van der Waals surface area contributed by atoms with Gasteiger partial charge in [0.15, 0.2) is 11.5 Å². The summed E-state index contributed by atoms with van der Waals surface area (Å²) in [5, 5.41) is 11.7. The normalized spacial score (nSPS) is 27.0. The highest BCUT2D eigenvalue weighted by Crippen LogP contribution is 2.64. The summed E-state index contributed by atoms with van der Waals surface area (Å²) in [6.07, 6.45) is 12.0. The number of unbranched alkanes of at least 4 members (excludes halogenated alkanes) is 2. The van der Waals surface area contributed by atoms with Gasteiger partial charge in [-0.25, -0.2) is 10.0 Å². The van der Waals surface area contributed by atoms with Crippen LogP contribution in [0.15, 0.2) is 85.5 Å². The Bertz CT molecular complexity index is 1680. The number of piperidine rings is 1. The van der Waals surface area contributed by atoms with E-state index in [1.165, 1.54) is 29.2 Å². The van der Waals surface area contributed by atoms with Crippen LogP contribution in [0.2, 0.25) is 0 Å². The van der Waals surface area contributed by atoms with Gasteiger partial charge in [-0.3, -0.25) is 9.59 Å². The van der Waals surface area contributed by atoms with E-state index in [4.69, 9.17) is 9.47 Å². The number of aliphatic hydroxyl groups is 1. The molecule has 3 aromatic carbocycles. The molecule has 1 spiro atoms. The lowest BCUT2D eigenvalue weighted by atomic mass is 9.51. The molecular formula is C43H53N2O5+. The molecule has 2 aliphatic heterocycles. The minimum Gasteiger partial charge on any atom is -0.485 e. The molecule has 7 heteroatoms. The lowest BCUT2D eigenvalue weighted by Crippen LogP contribution is -2.77. The van der Waals surface area contributed by atoms with Gasteiger partial charge in [-0.15, -0.1) is 0 Å². The molecule has 3 aromatic rings. The maximum absolute atomic E-state index is 14.6. The zero-order valence-electron chi connectivity index (χ0n) is 29.5.